The van der Waals surface area contributed by atoms with E-state index in [1.807, 2.05) is 25.1 Å². The first-order valence-electron chi connectivity index (χ1n) is 6.14. The average molecular weight is 255 g/mol. The Morgan fingerprint density at radius 1 is 1.32 bits per heavy atom. The molecule has 3 aromatic rings. The van der Waals surface area contributed by atoms with E-state index in [1.54, 1.807) is 0 Å². The van der Waals surface area contributed by atoms with Gasteiger partial charge in [-0.3, -0.25) is 4.79 Å². The molecule has 0 radical (unpaired) electrons. The van der Waals surface area contributed by atoms with Gasteiger partial charge in [0, 0.05) is 23.7 Å². The Morgan fingerprint density at radius 3 is 2.95 bits per heavy atom. The van der Waals surface area contributed by atoms with Crippen LogP contribution in [-0.2, 0) is 11.2 Å². The summed E-state index contributed by atoms with van der Waals surface area (Å²) in [4.78, 5) is 32.7. The molecule has 0 atom stereocenters. The number of nitrogens with one attached hydrogen (secondary N) is 2. The van der Waals surface area contributed by atoms with Crippen LogP contribution in [0.1, 0.15) is 17.8 Å². The van der Waals surface area contributed by atoms with E-state index in [4.69, 9.17) is 0 Å². The van der Waals surface area contributed by atoms with Gasteiger partial charge in [-0.1, -0.05) is 11.6 Å². The summed E-state index contributed by atoms with van der Waals surface area (Å²) < 4.78 is 0. The predicted octanol–water partition coefficient (Wildman–Crippen LogP) is 1.84. The van der Waals surface area contributed by atoms with Crippen molar-refractivity contribution in [2.24, 2.45) is 0 Å². The molecule has 0 amide bonds. The van der Waals surface area contributed by atoms with Crippen molar-refractivity contribution >= 4 is 28.2 Å². The number of rotatable bonds is 3. The van der Waals surface area contributed by atoms with Gasteiger partial charge in [0.2, 0.25) is 0 Å². The van der Waals surface area contributed by atoms with Crippen LogP contribution >= 0.6 is 0 Å². The van der Waals surface area contributed by atoms with Crippen LogP contribution in [0.25, 0.3) is 21.9 Å². The van der Waals surface area contributed by atoms with Crippen LogP contribution in [0, 0.1) is 6.92 Å². The van der Waals surface area contributed by atoms with Gasteiger partial charge in [0.25, 0.3) is 5.56 Å². The monoisotopic (exact) mass is 255 g/mol. The van der Waals surface area contributed by atoms with Crippen LogP contribution in [0.4, 0.5) is 0 Å². The Morgan fingerprint density at radius 2 is 2.16 bits per heavy atom. The van der Waals surface area contributed by atoms with Gasteiger partial charge in [0.1, 0.15) is 23.1 Å². The zero-order valence-electron chi connectivity index (χ0n) is 10.5. The highest BCUT2D eigenvalue weighted by Crippen LogP contribution is 2.22. The van der Waals surface area contributed by atoms with Gasteiger partial charge in [-0.15, -0.1) is 0 Å². The van der Waals surface area contributed by atoms with Gasteiger partial charge < -0.3 is 14.8 Å². The summed E-state index contributed by atoms with van der Waals surface area (Å²) in [5, 5.41) is 0.938. The molecule has 0 bridgehead atoms. The smallest absolute Gasteiger partial charge is 0.275 e. The summed E-state index contributed by atoms with van der Waals surface area (Å²) in [7, 11) is 0. The van der Waals surface area contributed by atoms with Crippen molar-refractivity contribution in [2.75, 3.05) is 0 Å². The van der Waals surface area contributed by atoms with E-state index in [0.717, 1.165) is 22.8 Å². The summed E-state index contributed by atoms with van der Waals surface area (Å²) in [6.45, 7) is 2.00. The van der Waals surface area contributed by atoms with Crippen LogP contribution in [0.3, 0.4) is 0 Å². The molecule has 1 aromatic carbocycles. The Kier molecular flexibility index (Phi) is 2.67. The van der Waals surface area contributed by atoms with Crippen molar-refractivity contribution in [3.05, 3.63) is 39.9 Å². The molecule has 3 rings (SSSR count). The summed E-state index contributed by atoms with van der Waals surface area (Å²) in [5.41, 5.74) is 2.97. The lowest BCUT2D eigenvalue weighted by Crippen LogP contribution is -2.11. The zero-order chi connectivity index (χ0) is 13.4. The second-order valence-corrected chi connectivity index (χ2v) is 4.62. The van der Waals surface area contributed by atoms with Gasteiger partial charge in [-0.25, -0.2) is 4.98 Å². The zero-order valence-corrected chi connectivity index (χ0v) is 10.5. The minimum Gasteiger partial charge on any atom is -0.349 e. The third kappa shape index (κ3) is 1.93. The number of aryl methyl sites for hydroxylation is 2. The van der Waals surface area contributed by atoms with Crippen LogP contribution in [0.5, 0.6) is 0 Å². The molecule has 0 fully saturated rings. The number of nitrogens with zero attached hydrogens (tertiary/aromatic N) is 1. The van der Waals surface area contributed by atoms with Gasteiger partial charge >= 0.3 is 0 Å². The minimum atomic E-state index is -0.195. The van der Waals surface area contributed by atoms with E-state index in [1.165, 1.54) is 0 Å². The second-order valence-electron chi connectivity index (χ2n) is 4.62. The minimum absolute atomic E-state index is 0.195. The highest BCUT2D eigenvalue weighted by molar-refractivity contribution is 6.04. The molecular weight excluding hydrogens is 242 g/mol. The van der Waals surface area contributed by atoms with Crippen molar-refractivity contribution in [2.45, 2.75) is 19.8 Å². The van der Waals surface area contributed by atoms with Crippen molar-refractivity contribution < 1.29 is 4.79 Å². The first-order chi connectivity index (χ1) is 9.19. The maximum atomic E-state index is 12.0. The number of aldehydes is 1. The molecule has 96 valence electrons. The molecule has 5 heteroatoms. The molecule has 2 heterocycles. The topological polar surface area (TPSA) is 78.6 Å². The molecular formula is C14H13N3O2. The number of H-pyrrole nitrogens is 2. The van der Waals surface area contributed by atoms with E-state index >= 15 is 0 Å². The van der Waals surface area contributed by atoms with Crippen molar-refractivity contribution in [1.29, 1.82) is 0 Å². The number of hydrogen-bond acceptors (Lipinski definition) is 3. The molecule has 0 spiro atoms. The molecule has 2 N–H and O–H groups in total. The molecule has 2 aromatic heterocycles. The maximum Gasteiger partial charge on any atom is 0.275 e. The third-order valence-electron chi connectivity index (χ3n) is 3.16. The Balaban J connectivity index is 2.31. The molecule has 0 saturated heterocycles. The third-order valence-corrected chi connectivity index (χ3v) is 3.16. The van der Waals surface area contributed by atoms with Crippen molar-refractivity contribution in [3.8, 4) is 0 Å². The Labute approximate surface area is 108 Å². The highest BCUT2D eigenvalue weighted by atomic mass is 16.1. The first kappa shape index (κ1) is 11.6. The summed E-state index contributed by atoms with van der Waals surface area (Å²) in [6, 6.07) is 5.93. The number of aromatic nitrogens is 3. The SMILES string of the molecule is Cc1ccc2[nH]c3c(=O)[nH]c(CCC=O)nc3c2c1. The lowest BCUT2D eigenvalue weighted by atomic mass is 10.1. The number of benzene rings is 1. The number of fused-ring (bicyclic) bond motifs is 3. The molecule has 19 heavy (non-hydrogen) atoms. The number of hydrogen-bond donors (Lipinski definition) is 2. The van der Waals surface area contributed by atoms with Crippen molar-refractivity contribution in [3.63, 3.8) is 0 Å². The maximum absolute atomic E-state index is 12.0. The van der Waals surface area contributed by atoms with Gasteiger partial charge in [-0.2, -0.15) is 0 Å². The quantitative estimate of drug-likeness (QED) is 0.701. The fourth-order valence-corrected chi connectivity index (χ4v) is 2.24. The van der Waals surface area contributed by atoms with Crippen LogP contribution in [0.2, 0.25) is 0 Å². The largest absolute Gasteiger partial charge is 0.349 e. The Bertz CT molecular complexity index is 830. The predicted molar refractivity (Wildman–Crippen MR) is 73.3 cm³/mol. The van der Waals surface area contributed by atoms with Crippen LogP contribution in [0.15, 0.2) is 23.0 Å². The summed E-state index contributed by atoms with van der Waals surface area (Å²) >= 11 is 0. The number of carbonyl (C=O) groups excluding carboxylic acids is 1. The summed E-state index contributed by atoms with van der Waals surface area (Å²) in [5.74, 6) is 0.548. The summed E-state index contributed by atoms with van der Waals surface area (Å²) in [6.07, 6.45) is 1.63. The van der Waals surface area contributed by atoms with E-state index in [-0.39, 0.29) is 5.56 Å². The molecule has 0 saturated carbocycles. The molecule has 0 unspecified atom stereocenters. The Hall–Kier alpha value is -2.43. The molecule has 0 aliphatic heterocycles. The molecule has 0 aliphatic carbocycles. The normalized spacial score (nSPS) is 11.2. The van der Waals surface area contributed by atoms with E-state index < -0.39 is 0 Å². The number of carbonyl (C=O) groups is 1. The second kappa shape index (κ2) is 4.35. The van der Waals surface area contributed by atoms with Crippen LogP contribution < -0.4 is 5.56 Å². The first-order valence-corrected chi connectivity index (χ1v) is 6.14. The lowest BCUT2D eigenvalue weighted by Gasteiger charge is -1.98. The van der Waals surface area contributed by atoms with Crippen LogP contribution in [-0.4, -0.2) is 21.2 Å². The van der Waals surface area contributed by atoms with Gasteiger partial charge in [0.15, 0.2) is 0 Å². The van der Waals surface area contributed by atoms with Gasteiger partial charge in [-0.05, 0) is 19.1 Å². The standard InChI is InChI=1S/C14H13N3O2/c1-8-4-5-10-9(7-8)12-13(15-10)14(19)17-11(16-12)3-2-6-18/h4-7,15H,2-3H2,1H3,(H,16,17,19). The van der Waals surface area contributed by atoms with Gasteiger partial charge in [0.05, 0.1) is 0 Å². The van der Waals surface area contributed by atoms with E-state index in [9.17, 15) is 9.59 Å². The molecule has 0 aliphatic rings. The molecule has 5 nitrogen and oxygen atoms in total. The fourth-order valence-electron chi connectivity index (χ4n) is 2.24. The van der Waals surface area contributed by atoms with Crippen molar-refractivity contribution in [1.82, 2.24) is 15.0 Å². The fraction of sp³-hybridized carbons (Fsp3) is 0.214. The van der Waals surface area contributed by atoms with E-state index in [0.29, 0.717) is 29.7 Å². The average Bonchev–Trinajstić information content (AvgIpc) is 2.75. The number of aromatic amines is 2. The highest BCUT2D eigenvalue weighted by Gasteiger charge is 2.10. The lowest BCUT2D eigenvalue weighted by molar-refractivity contribution is -0.107. The van der Waals surface area contributed by atoms with E-state index in [2.05, 4.69) is 15.0 Å².